The van der Waals surface area contributed by atoms with Gasteiger partial charge in [-0.15, -0.1) is 0 Å². The molecule has 1 saturated carbocycles. The van der Waals surface area contributed by atoms with Crippen LogP contribution in [0.5, 0.6) is 0 Å². The smallest absolute Gasteiger partial charge is 0.163 e. The molecule has 0 amide bonds. The Bertz CT molecular complexity index is 179. The first kappa shape index (κ1) is 8.48. The summed E-state index contributed by atoms with van der Waals surface area (Å²) in [7, 11) is 1.74. The maximum atomic E-state index is 9.64. The Labute approximate surface area is 72.7 Å². The predicted molar refractivity (Wildman–Crippen MR) is 43.6 cm³/mol. The second-order valence-electron chi connectivity index (χ2n) is 4.05. The number of rotatable bonds is 1. The molecule has 1 heterocycles. The van der Waals surface area contributed by atoms with Crippen molar-refractivity contribution in [1.82, 2.24) is 0 Å². The highest BCUT2D eigenvalue weighted by Crippen LogP contribution is 2.43. The fraction of sp³-hybridized carbons (Fsp3) is 1.00. The highest BCUT2D eigenvalue weighted by atomic mass is 16.6. The largest absolute Gasteiger partial charge is 0.381 e. The predicted octanol–water partition coefficient (Wildman–Crippen LogP) is 0.909. The van der Waals surface area contributed by atoms with Crippen LogP contribution in [0.3, 0.4) is 0 Å². The summed E-state index contributed by atoms with van der Waals surface area (Å²) in [6.45, 7) is 1.73. The van der Waals surface area contributed by atoms with Crippen molar-refractivity contribution in [3.05, 3.63) is 0 Å². The van der Waals surface area contributed by atoms with Crippen LogP contribution >= 0.6 is 0 Å². The van der Waals surface area contributed by atoms with Crippen molar-refractivity contribution in [2.75, 3.05) is 7.11 Å². The molecule has 0 bridgehead atoms. The summed E-state index contributed by atoms with van der Waals surface area (Å²) in [6, 6.07) is 0. The second kappa shape index (κ2) is 2.69. The Morgan fingerprint density at radius 2 is 2.25 bits per heavy atom. The zero-order valence-corrected chi connectivity index (χ0v) is 7.62. The molecule has 4 atom stereocenters. The fourth-order valence-corrected chi connectivity index (χ4v) is 2.51. The highest BCUT2D eigenvalue weighted by Gasteiger charge is 2.49. The van der Waals surface area contributed by atoms with Crippen LogP contribution in [-0.2, 0) is 9.47 Å². The van der Waals surface area contributed by atoms with Crippen LogP contribution in [0.15, 0.2) is 0 Å². The maximum absolute atomic E-state index is 9.64. The van der Waals surface area contributed by atoms with Gasteiger partial charge in [0.05, 0.1) is 12.2 Å². The summed E-state index contributed by atoms with van der Waals surface area (Å²) in [6.07, 6.45) is 3.34. The quantitative estimate of drug-likeness (QED) is 0.639. The summed E-state index contributed by atoms with van der Waals surface area (Å²) < 4.78 is 10.8. The number of hydrogen-bond acceptors (Lipinski definition) is 3. The lowest BCUT2D eigenvalue weighted by atomic mass is 9.99. The average Bonchev–Trinajstić information content (AvgIpc) is 2.42. The van der Waals surface area contributed by atoms with Crippen LogP contribution in [-0.4, -0.2) is 30.2 Å². The van der Waals surface area contributed by atoms with Crippen molar-refractivity contribution in [3.63, 3.8) is 0 Å². The topological polar surface area (TPSA) is 38.7 Å². The van der Waals surface area contributed by atoms with E-state index in [1.165, 1.54) is 0 Å². The van der Waals surface area contributed by atoms with Gasteiger partial charge >= 0.3 is 0 Å². The standard InChI is InChI=1S/C9H16O3/c1-9(10)5-6-7(11-2)3-4-8(6)12-9/h6-8,10H,3-5H2,1-2H3/t6-,7+,8+,9+/m0/s1. The molecule has 3 nitrogen and oxygen atoms in total. The molecule has 2 aliphatic rings. The molecule has 0 aromatic carbocycles. The third-order valence-electron chi connectivity index (χ3n) is 3.01. The van der Waals surface area contributed by atoms with E-state index in [4.69, 9.17) is 9.47 Å². The Balaban J connectivity index is 2.06. The number of hydrogen-bond donors (Lipinski definition) is 1. The molecule has 1 aliphatic carbocycles. The Hall–Kier alpha value is -0.120. The molecule has 1 aliphatic heterocycles. The summed E-state index contributed by atoms with van der Waals surface area (Å²) >= 11 is 0. The first-order valence-electron chi connectivity index (χ1n) is 4.55. The van der Waals surface area contributed by atoms with Crippen LogP contribution in [0.2, 0.25) is 0 Å². The minimum Gasteiger partial charge on any atom is -0.381 e. The minimum atomic E-state index is -0.910. The van der Waals surface area contributed by atoms with E-state index in [0.29, 0.717) is 12.0 Å². The molecule has 2 fully saturated rings. The van der Waals surface area contributed by atoms with Crippen molar-refractivity contribution in [1.29, 1.82) is 0 Å². The van der Waals surface area contributed by atoms with Crippen molar-refractivity contribution >= 4 is 0 Å². The van der Waals surface area contributed by atoms with Crippen LogP contribution in [0.4, 0.5) is 0 Å². The first-order chi connectivity index (χ1) is 5.62. The molecular formula is C9H16O3. The first-order valence-corrected chi connectivity index (χ1v) is 4.55. The lowest BCUT2D eigenvalue weighted by molar-refractivity contribution is -0.178. The van der Waals surface area contributed by atoms with E-state index in [0.717, 1.165) is 19.3 Å². The molecule has 1 saturated heterocycles. The number of ether oxygens (including phenoxy) is 2. The van der Waals surface area contributed by atoms with Crippen LogP contribution in [0.25, 0.3) is 0 Å². The van der Waals surface area contributed by atoms with Gasteiger partial charge in [0.15, 0.2) is 5.79 Å². The van der Waals surface area contributed by atoms with Crippen LogP contribution < -0.4 is 0 Å². The fourth-order valence-electron chi connectivity index (χ4n) is 2.51. The molecular weight excluding hydrogens is 156 g/mol. The normalized spacial score (nSPS) is 52.8. The summed E-state index contributed by atoms with van der Waals surface area (Å²) in [5.41, 5.74) is 0. The molecule has 2 rings (SSSR count). The number of aliphatic hydroxyl groups is 1. The van der Waals surface area contributed by atoms with Gasteiger partial charge < -0.3 is 14.6 Å². The third-order valence-corrected chi connectivity index (χ3v) is 3.01. The molecule has 0 aromatic heterocycles. The highest BCUT2D eigenvalue weighted by molar-refractivity contribution is 4.94. The SMILES string of the molecule is CO[C@@H]1CC[C@H]2O[C@@](C)(O)C[C@@H]12. The Morgan fingerprint density at radius 1 is 1.50 bits per heavy atom. The van der Waals surface area contributed by atoms with Crippen LogP contribution in [0.1, 0.15) is 26.2 Å². The van der Waals surface area contributed by atoms with E-state index in [2.05, 4.69) is 0 Å². The number of fused-ring (bicyclic) bond motifs is 1. The van der Waals surface area contributed by atoms with E-state index < -0.39 is 5.79 Å². The molecule has 0 spiro atoms. The summed E-state index contributed by atoms with van der Waals surface area (Å²) in [5, 5.41) is 9.64. The van der Waals surface area contributed by atoms with Gasteiger partial charge in [-0.05, 0) is 19.8 Å². The van der Waals surface area contributed by atoms with E-state index in [9.17, 15) is 5.11 Å². The Kier molecular flexibility index (Phi) is 1.90. The zero-order chi connectivity index (χ0) is 8.77. The van der Waals surface area contributed by atoms with Gasteiger partial charge in [0, 0.05) is 19.4 Å². The molecule has 12 heavy (non-hydrogen) atoms. The molecule has 0 unspecified atom stereocenters. The molecule has 3 heteroatoms. The average molecular weight is 172 g/mol. The van der Waals surface area contributed by atoms with Gasteiger partial charge in [0.25, 0.3) is 0 Å². The lowest BCUT2D eigenvalue weighted by Crippen LogP contribution is -2.24. The molecule has 0 aromatic rings. The van der Waals surface area contributed by atoms with Gasteiger partial charge in [0.1, 0.15) is 0 Å². The van der Waals surface area contributed by atoms with Crippen molar-refractivity contribution < 1.29 is 14.6 Å². The Morgan fingerprint density at radius 3 is 2.92 bits per heavy atom. The van der Waals surface area contributed by atoms with E-state index in [1.54, 1.807) is 14.0 Å². The van der Waals surface area contributed by atoms with E-state index in [1.807, 2.05) is 0 Å². The van der Waals surface area contributed by atoms with Crippen molar-refractivity contribution in [2.45, 2.75) is 44.2 Å². The lowest BCUT2D eigenvalue weighted by Gasteiger charge is -2.18. The van der Waals surface area contributed by atoms with Crippen molar-refractivity contribution in [2.24, 2.45) is 5.92 Å². The third kappa shape index (κ3) is 1.26. The van der Waals surface area contributed by atoms with Gasteiger partial charge in [-0.1, -0.05) is 0 Å². The summed E-state index contributed by atoms with van der Waals surface area (Å²) in [5.74, 6) is -0.503. The summed E-state index contributed by atoms with van der Waals surface area (Å²) in [4.78, 5) is 0. The monoisotopic (exact) mass is 172 g/mol. The second-order valence-corrected chi connectivity index (χ2v) is 4.05. The van der Waals surface area contributed by atoms with Gasteiger partial charge in [-0.25, -0.2) is 0 Å². The van der Waals surface area contributed by atoms with Crippen molar-refractivity contribution in [3.8, 4) is 0 Å². The van der Waals surface area contributed by atoms with E-state index >= 15 is 0 Å². The van der Waals surface area contributed by atoms with Crippen LogP contribution in [0, 0.1) is 5.92 Å². The van der Waals surface area contributed by atoms with Gasteiger partial charge in [-0.2, -0.15) is 0 Å². The maximum Gasteiger partial charge on any atom is 0.163 e. The molecule has 70 valence electrons. The van der Waals surface area contributed by atoms with Gasteiger partial charge in [0.2, 0.25) is 0 Å². The van der Waals surface area contributed by atoms with E-state index in [-0.39, 0.29) is 6.10 Å². The molecule has 1 N–H and O–H groups in total. The molecule has 0 radical (unpaired) electrons. The minimum absolute atomic E-state index is 0.227. The zero-order valence-electron chi connectivity index (χ0n) is 7.62. The van der Waals surface area contributed by atoms with Gasteiger partial charge in [-0.3, -0.25) is 0 Å². The number of methoxy groups -OCH3 is 1.